The minimum atomic E-state index is -0.400. The van der Waals surface area contributed by atoms with Gasteiger partial charge in [0.1, 0.15) is 5.75 Å². The number of amides is 2. The van der Waals surface area contributed by atoms with Crippen LogP contribution >= 0.6 is 23.8 Å². The van der Waals surface area contributed by atoms with Crippen molar-refractivity contribution in [2.24, 2.45) is 0 Å². The average Bonchev–Trinajstić information content (AvgIpc) is 2.83. The molecule has 170 valence electrons. The van der Waals surface area contributed by atoms with Gasteiger partial charge in [-0.2, -0.15) is 0 Å². The van der Waals surface area contributed by atoms with E-state index in [4.69, 9.17) is 28.6 Å². The van der Waals surface area contributed by atoms with E-state index in [9.17, 15) is 9.59 Å². The van der Waals surface area contributed by atoms with Crippen molar-refractivity contribution in [1.29, 1.82) is 0 Å². The largest absolute Gasteiger partial charge is 0.496 e. The van der Waals surface area contributed by atoms with Crippen LogP contribution in [-0.2, 0) is 0 Å². The number of thiocarbonyl (C=S) groups is 1. The normalized spacial score (nSPS) is 10.4. The fourth-order valence-electron chi connectivity index (χ4n) is 3.42. The van der Waals surface area contributed by atoms with Crippen molar-refractivity contribution in [3.63, 3.8) is 0 Å². The van der Waals surface area contributed by atoms with Crippen LogP contribution in [0.3, 0.4) is 0 Å². The molecule has 0 spiro atoms. The summed E-state index contributed by atoms with van der Waals surface area (Å²) in [6.45, 7) is 0. The molecule has 0 bridgehead atoms. The second kappa shape index (κ2) is 10.3. The number of fused-ring (bicyclic) bond motifs is 1. The summed E-state index contributed by atoms with van der Waals surface area (Å²) in [5, 5.41) is 10.8. The van der Waals surface area contributed by atoms with Crippen molar-refractivity contribution in [1.82, 2.24) is 5.32 Å². The SMILES string of the molecule is COc1cc2ccccc2cc1C(=O)NC(=S)Nc1cccc(NC(=O)c2ccccc2Cl)c1. The Morgan fingerprint density at radius 2 is 1.41 bits per heavy atom. The van der Waals surface area contributed by atoms with Crippen LogP contribution in [0.5, 0.6) is 5.75 Å². The van der Waals surface area contributed by atoms with Gasteiger partial charge in [-0.05, 0) is 65.5 Å². The minimum absolute atomic E-state index is 0.106. The number of carbonyl (C=O) groups is 2. The second-order valence-electron chi connectivity index (χ2n) is 7.32. The van der Waals surface area contributed by atoms with E-state index in [-0.39, 0.29) is 11.0 Å². The summed E-state index contributed by atoms with van der Waals surface area (Å²) < 4.78 is 5.40. The molecule has 0 atom stereocenters. The van der Waals surface area contributed by atoms with Crippen LogP contribution in [0.15, 0.2) is 84.9 Å². The number of rotatable bonds is 5. The summed E-state index contributed by atoms with van der Waals surface area (Å²) in [4.78, 5) is 25.4. The van der Waals surface area contributed by atoms with E-state index in [1.54, 1.807) is 54.6 Å². The van der Waals surface area contributed by atoms with Crippen molar-refractivity contribution in [2.45, 2.75) is 0 Å². The lowest BCUT2D eigenvalue weighted by Gasteiger charge is -2.13. The maximum absolute atomic E-state index is 12.9. The predicted octanol–water partition coefficient (Wildman–Crippen LogP) is 5.88. The van der Waals surface area contributed by atoms with Gasteiger partial charge in [0.2, 0.25) is 0 Å². The summed E-state index contributed by atoms with van der Waals surface area (Å²) >= 11 is 11.4. The quantitative estimate of drug-likeness (QED) is 0.305. The number of carbonyl (C=O) groups excluding carboxylic acids is 2. The number of hydrogen-bond acceptors (Lipinski definition) is 4. The van der Waals surface area contributed by atoms with E-state index in [1.165, 1.54) is 7.11 Å². The molecule has 4 aromatic carbocycles. The average molecular weight is 490 g/mol. The van der Waals surface area contributed by atoms with E-state index in [1.807, 2.05) is 30.3 Å². The highest BCUT2D eigenvalue weighted by atomic mass is 35.5. The topological polar surface area (TPSA) is 79.5 Å². The molecule has 0 fully saturated rings. The molecular weight excluding hydrogens is 470 g/mol. The first kappa shape index (κ1) is 23.2. The molecule has 0 heterocycles. The lowest BCUT2D eigenvalue weighted by molar-refractivity contribution is 0.0973. The molecule has 0 saturated carbocycles. The van der Waals surface area contributed by atoms with Gasteiger partial charge in [0.05, 0.1) is 23.3 Å². The van der Waals surface area contributed by atoms with E-state index < -0.39 is 5.91 Å². The molecule has 8 heteroatoms. The molecule has 0 aromatic heterocycles. The van der Waals surface area contributed by atoms with Crippen LogP contribution in [0, 0.1) is 0 Å². The summed E-state index contributed by atoms with van der Waals surface area (Å²) in [7, 11) is 1.51. The Morgan fingerprint density at radius 3 is 2.12 bits per heavy atom. The first-order chi connectivity index (χ1) is 16.4. The molecule has 0 saturated heterocycles. The summed E-state index contributed by atoms with van der Waals surface area (Å²) in [6.07, 6.45) is 0. The second-order valence-corrected chi connectivity index (χ2v) is 8.14. The molecule has 0 unspecified atom stereocenters. The van der Waals surface area contributed by atoms with Gasteiger partial charge in [-0.1, -0.05) is 54.1 Å². The molecule has 0 radical (unpaired) electrons. The van der Waals surface area contributed by atoms with Gasteiger partial charge in [-0.3, -0.25) is 14.9 Å². The number of anilines is 2. The Bertz CT molecular complexity index is 1410. The van der Waals surface area contributed by atoms with Gasteiger partial charge < -0.3 is 15.4 Å². The van der Waals surface area contributed by atoms with Crippen LogP contribution in [-0.4, -0.2) is 24.0 Å². The van der Waals surface area contributed by atoms with E-state index >= 15 is 0 Å². The van der Waals surface area contributed by atoms with Gasteiger partial charge in [-0.25, -0.2) is 0 Å². The van der Waals surface area contributed by atoms with Gasteiger partial charge in [0.25, 0.3) is 11.8 Å². The van der Waals surface area contributed by atoms with Gasteiger partial charge >= 0.3 is 0 Å². The van der Waals surface area contributed by atoms with Crippen LogP contribution in [0.4, 0.5) is 11.4 Å². The zero-order chi connectivity index (χ0) is 24.1. The van der Waals surface area contributed by atoms with Crippen LogP contribution < -0.4 is 20.7 Å². The fraction of sp³-hybridized carbons (Fsp3) is 0.0385. The molecule has 0 aliphatic rings. The number of ether oxygens (including phenoxy) is 1. The van der Waals surface area contributed by atoms with Crippen molar-refractivity contribution in [3.8, 4) is 5.75 Å². The number of halogens is 1. The maximum Gasteiger partial charge on any atom is 0.261 e. The number of benzene rings is 4. The van der Waals surface area contributed by atoms with Crippen molar-refractivity contribution < 1.29 is 14.3 Å². The third-order valence-electron chi connectivity index (χ3n) is 5.04. The van der Waals surface area contributed by atoms with Gasteiger partial charge in [0.15, 0.2) is 5.11 Å². The Balaban J connectivity index is 1.44. The highest BCUT2D eigenvalue weighted by Gasteiger charge is 2.15. The zero-order valence-electron chi connectivity index (χ0n) is 18.1. The molecule has 0 aliphatic heterocycles. The summed E-state index contributed by atoms with van der Waals surface area (Å²) in [5.41, 5.74) is 1.87. The number of methoxy groups -OCH3 is 1. The smallest absolute Gasteiger partial charge is 0.261 e. The highest BCUT2D eigenvalue weighted by Crippen LogP contribution is 2.26. The molecule has 0 aliphatic carbocycles. The molecule has 6 nitrogen and oxygen atoms in total. The van der Waals surface area contributed by atoms with Crippen molar-refractivity contribution in [2.75, 3.05) is 17.7 Å². The first-order valence-electron chi connectivity index (χ1n) is 10.3. The lowest BCUT2D eigenvalue weighted by Crippen LogP contribution is -2.34. The molecule has 34 heavy (non-hydrogen) atoms. The molecule has 4 rings (SSSR count). The highest BCUT2D eigenvalue weighted by molar-refractivity contribution is 7.80. The minimum Gasteiger partial charge on any atom is -0.496 e. The fourth-order valence-corrected chi connectivity index (χ4v) is 3.85. The Morgan fingerprint density at radius 1 is 0.765 bits per heavy atom. The summed E-state index contributed by atoms with van der Waals surface area (Å²) in [5.74, 6) is -0.284. The van der Waals surface area contributed by atoms with Gasteiger partial charge in [0, 0.05) is 11.4 Å². The van der Waals surface area contributed by atoms with Crippen LogP contribution in [0.1, 0.15) is 20.7 Å². The molecule has 2 amide bonds. The molecule has 4 aromatic rings. The zero-order valence-corrected chi connectivity index (χ0v) is 19.7. The summed E-state index contributed by atoms with van der Waals surface area (Å²) in [6, 6.07) is 25.0. The molecular formula is C26H20ClN3O3S. The van der Waals surface area contributed by atoms with Crippen LogP contribution in [0.25, 0.3) is 10.8 Å². The predicted molar refractivity (Wildman–Crippen MR) is 140 cm³/mol. The lowest BCUT2D eigenvalue weighted by atomic mass is 10.1. The number of hydrogen-bond donors (Lipinski definition) is 3. The Hall–Kier alpha value is -3.94. The molecule has 3 N–H and O–H groups in total. The number of nitrogens with one attached hydrogen (secondary N) is 3. The van der Waals surface area contributed by atoms with E-state index in [0.717, 1.165) is 10.8 Å². The Kier molecular flexibility index (Phi) is 7.06. The van der Waals surface area contributed by atoms with E-state index in [2.05, 4.69) is 16.0 Å². The van der Waals surface area contributed by atoms with Crippen molar-refractivity contribution in [3.05, 3.63) is 101 Å². The third kappa shape index (κ3) is 5.33. The monoisotopic (exact) mass is 489 g/mol. The Labute approximate surface area is 206 Å². The standard InChI is InChI=1S/C26H20ClN3O3S/c1-33-23-14-17-8-3-2-7-16(17)13-21(23)25(32)30-26(34)29-19-10-6-9-18(15-19)28-24(31)20-11-4-5-12-22(20)27/h2-15H,1H3,(H,28,31)(H2,29,30,32,34). The van der Waals surface area contributed by atoms with Crippen molar-refractivity contribution >= 4 is 62.9 Å². The van der Waals surface area contributed by atoms with E-state index in [0.29, 0.717) is 33.3 Å². The third-order valence-corrected chi connectivity index (χ3v) is 5.57. The van der Waals surface area contributed by atoms with Crippen LogP contribution in [0.2, 0.25) is 5.02 Å². The van der Waals surface area contributed by atoms with Gasteiger partial charge in [-0.15, -0.1) is 0 Å². The maximum atomic E-state index is 12.9. The first-order valence-corrected chi connectivity index (χ1v) is 11.1.